The van der Waals surface area contributed by atoms with Crippen LogP contribution in [0, 0.1) is 5.41 Å². The summed E-state index contributed by atoms with van der Waals surface area (Å²) in [6.45, 7) is 7.89. The molecule has 1 rings (SSSR count). The van der Waals surface area contributed by atoms with Crippen LogP contribution in [0.3, 0.4) is 0 Å². The quantitative estimate of drug-likeness (QED) is 0.774. The summed E-state index contributed by atoms with van der Waals surface area (Å²) in [7, 11) is 0. The van der Waals surface area contributed by atoms with Crippen molar-refractivity contribution in [1.82, 2.24) is 4.98 Å². The van der Waals surface area contributed by atoms with Crippen molar-refractivity contribution < 1.29 is 0 Å². The lowest BCUT2D eigenvalue weighted by atomic mass is 9.86. The Kier molecular flexibility index (Phi) is 3.93. The fourth-order valence-corrected chi connectivity index (χ4v) is 1.19. The van der Waals surface area contributed by atoms with Crippen LogP contribution in [0.15, 0.2) is 24.5 Å². The summed E-state index contributed by atoms with van der Waals surface area (Å²) in [5, 5.41) is 3.40. The second-order valence-corrected chi connectivity index (χ2v) is 4.43. The van der Waals surface area contributed by atoms with Crippen molar-refractivity contribution in [1.29, 1.82) is 0 Å². The van der Waals surface area contributed by atoms with Crippen molar-refractivity contribution in [3.05, 3.63) is 24.5 Å². The van der Waals surface area contributed by atoms with E-state index in [1.54, 1.807) is 0 Å². The molecule has 0 radical (unpaired) electrons. The van der Waals surface area contributed by atoms with Gasteiger partial charge >= 0.3 is 0 Å². The van der Waals surface area contributed by atoms with E-state index in [-0.39, 0.29) is 0 Å². The maximum absolute atomic E-state index is 3.98. The van der Waals surface area contributed by atoms with Crippen LogP contribution in [0.5, 0.6) is 0 Å². The average molecular weight is 192 g/mol. The van der Waals surface area contributed by atoms with E-state index in [1.807, 2.05) is 24.5 Å². The smallest absolute Gasteiger partial charge is 0.0371 e. The van der Waals surface area contributed by atoms with Gasteiger partial charge in [-0.25, -0.2) is 0 Å². The minimum absolute atomic E-state index is 0.444. The van der Waals surface area contributed by atoms with Gasteiger partial charge in [-0.2, -0.15) is 0 Å². The number of hydrogen-bond donors (Lipinski definition) is 1. The number of nitrogens with one attached hydrogen (secondary N) is 1. The molecule has 0 unspecified atom stereocenters. The summed E-state index contributed by atoms with van der Waals surface area (Å²) in [5.41, 5.74) is 1.60. The van der Waals surface area contributed by atoms with Crippen molar-refractivity contribution in [2.24, 2.45) is 5.41 Å². The summed E-state index contributed by atoms with van der Waals surface area (Å²) in [6.07, 6.45) is 6.05. The molecule has 0 fully saturated rings. The van der Waals surface area contributed by atoms with E-state index in [0.717, 1.165) is 12.2 Å². The molecule has 0 aliphatic rings. The molecule has 0 aromatic carbocycles. The maximum atomic E-state index is 3.98. The van der Waals surface area contributed by atoms with Gasteiger partial charge in [-0.1, -0.05) is 27.2 Å². The van der Waals surface area contributed by atoms with Crippen LogP contribution in [-0.2, 0) is 0 Å². The SMILES string of the molecule is CCC(C)(C)CCNc1ccncc1. The van der Waals surface area contributed by atoms with Crippen LogP contribution >= 0.6 is 0 Å². The van der Waals surface area contributed by atoms with E-state index in [2.05, 4.69) is 31.1 Å². The van der Waals surface area contributed by atoms with E-state index in [4.69, 9.17) is 0 Å². The minimum Gasteiger partial charge on any atom is -0.385 e. The van der Waals surface area contributed by atoms with Crippen LogP contribution in [0.1, 0.15) is 33.6 Å². The van der Waals surface area contributed by atoms with Gasteiger partial charge in [0, 0.05) is 24.6 Å². The Morgan fingerprint density at radius 2 is 1.93 bits per heavy atom. The second-order valence-electron chi connectivity index (χ2n) is 4.43. The largest absolute Gasteiger partial charge is 0.385 e. The summed E-state index contributed by atoms with van der Waals surface area (Å²) in [6, 6.07) is 4.00. The van der Waals surface area contributed by atoms with Crippen LogP contribution in [0.4, 0.5) is 5.69 Å². The Morgan fingerprint density at radius 3 is 2.50 bits per heavy atom. The molecule has 0 aliphatic heterocycles. The molecule has 0 saturated heterocycles. The lowest BCUT2D eigenvalue weighted by Crippen LogP contribution is -2.15. The van der Waals surface area contributed by atoms with Gasteiger partial charge in [0.1, 0.15) is 0 Å². The van der Waals surface area contributed by atoms with Gasteiger partial charge in [-0.05, 0) is 24.0 Å². The number of hydrogen-bond acceptors (Lipinski definition) is 2. The molecular weight excluding hydrogens is 172 g/mol. The van der Waals surface area contributed by atoms with Crippen molar-refractivity contribution in [2.75, 3.05) is 11.9 Å². The Hall–Kier alpha value is -1.05. The zero-order valence-electron chi connectivity index (χ0n) is 9.38. The third kappa shape index (κ3) is 3.77. The lowest BCUT2D eigenvalue weighted by Gasteiger charge is -2.22. The van der Waals surface area contributed by atoms with Crippen LogP contribution < -0.4 is 5.32 Å². The maximum Gasteiger partial charge on any atom is 0.0371 e. The molecular formula is C12H20N2. The van der Waals surface area contributed by atoms with E-state index in [0.29, 0.717) is 5.41 Å². The molecule has 1 heterocycles. The highest BCUT2D eigenvalue weighted by molar-refractivity contribution is 5.40. The number of anilines is 1. The second kappa shape index (κ2) is 4.99. The highest BCUT2D eigenvalue weighted by Gasteiger charge is 2.13. The predicted octanol–water partition coefficient (Wildman–Crippen LogP) is 3.32. The number of pyridine rings is 1. The third-order valence-corrected chi connectivity index (χ3v) is 2.77. The molecule has 0 spiro atoms. The Bertz CT molecular complexity index is 254. The van der Waals surface area contributed by atoms with Gasteiger partial charge in [-0.3, -0.25) is 4.98 Å². The van der Waals surface area contributed by atoms with E-state index in [1.165, 1.54) is 12.8 Å². The molecule has 2 nitrogen and oxygen atoms in total. The first-order valence-corrected chi connectivity index (χ1v) is 5.28. The van der Waals surface area contributed by atoms with Gasteiger partial charge in [0.2, 0.25) is 0 Å². The lowest BCUT2D eigenvalue weighted by molar-refractivity contribution is 0.332. The molecule has 0 amide bonds. The first-order valence-electron chi connectivity index (χ1n) is 5.28. The normalized spacial score (nSPS) is 11.4. The molecule has 0 saturated carbocycles. The number of aromatic nitrogens is 1. The highest BCUT2D eigenvalue weighted by atomic mass is 14.9. The monoisotopic (exact) mass is 192 g/mol. The highest BCUT2D eigenvalue weighted by Crippen LogP contribution is 2.23. The van der Waals surface area contributed by atoms with Crippen LogP contribution in [-0.4, -0.2) is 11.5 Å². The summed E-state index contributed by atoms with van der Waals surface area (Å²) in [4.78, 5) is 3.98. The number of nitrogens with zero attached hydrogens (tertiary/aromatic N) is 1. The average Bonchev–Trinajstić information content (AvgIpc) is 2.19. The van der Waals surface area contributed by atoms with Gasteiger partial charge in [-0.15, -0.1) is 0 Å². The minimum atomic E-state index is 0.444. The summed E-state index contributed by atoms with van der Waals surface area (Å²) >= 11 is 0. The Balaban J connectivity index is 2.29. The van der Waals surface area contributed by atoms with Crippen molar-refractivity contribution in [3.8, 4) is 0 Å². The molecule has 0 atom stereocenters. The first-order chi connectivity index (χ1) is 6.64. The molecule has 78 valence electrons. The zero-order chi connectivity index (χ0) is 10.4. The van der Waals surface area contributed by atoms with E-state index in [9.17, 15) is 0 Å². The van der Waals surface area contributed by atoms with Crippen LogP contribution in [0.2, 0.25) is 0 Å². The van der Waals surface area contributed by atoms with E-state index >= 15 is 0 Å². The third-order valence-electron chi connectivity index (χ3n) is 2.77. The fourth-order valence-electron chi connectivity index (χ4n) is 1.19. The fraction of sp³-hybridized carbons (Fsp3) is 0.583. The molecule has 1 aromatic heterocycles. The molecule has 1 N–H and O–H groups in total. The molecule has 1 aromatic rings. The summed E-state index contributed by atoms with van der Waals surface area (Å²) < 4.78 is 0. The standard InChI is InChI=1S/C12H20N2/c1-4-12(2,3)7-10-14-11-5-8-13-9-6-11/h5-6,8-9H,4,7,10H2,1-3H3,(H,13,14). The van der Waals surface area contributed by atoms with Gasteiger partial charge in [0.15, 0.2) is 0 Å². The molecule has 0 bridgehead atoms. The molecule has 0 aliphatic carbocycles. The van der Waals surface area contributed by atoms with Crippen molar-refractivity contribution in [3.63, 3.8) is 0 Å². The van der Waals surface area contributed by atoms with Crippen molar-refractivity contribution in [2.45, 2.75) is 33.6 Å². The van der Waals surface area contributed by atoms with Gasteiger partial charge < -0.3 is 5.32 Å². The van der Waals surface area contributed by atoms with Crippen molar-refractivity contribution >= 4 is 5.69 Å². The Morgan fingerprint density at radius 1 is 1.29 bits per heavy atom. The van der Waals surface area contributed by atoms with Crippen LogP contribution in [0.25, 0.3) is 0 Å². The molecule has 14 heavy (non-hydrogen) atoms. The topological polar surface area (TPSA) is 24.9 Å². The first kappa shape index (κ1) is 11.0. The van der Waals surface area contributed by atoms with E-state index < -0.39 is 0 Å². The Labute approximate surface area is 86.8 Å². The van der Waals surface area contributed by atoms with Gasteiger partial charge in [0.25, 0.3) is 0 Å². The predicted molar refractivity (Wildman–Crippen MR) is 61.4 cm³/mol. The molecule has 2 heteroatoms. The van der Waals surface area contributed by atoms with Gasteiger partial charge in [0.05, 0.1) is 0 Å². The number of rotatable bonds is 5. The zero-order valence-corrected chi connectivity index (χ0v) is 9.38. The summed E-state index contributed by atoms with van der Waals surface area (Å²) in [5.74, 6) is 0.